The van der Waals surface area contributed by atoms with Crippen LogP contribution in [-0.4, -0.2) is 56.6 Å². The molecule has 0 spiro atoms. The summed E-state index contributed by atoms with van der Waals surface area (Å²) in [6.07, 6.45) is 0.878. The van der Waals surface area contributed by atoms with Crippen LogP contribution in [-0.2, 0) is 11.3 Å². The third-order valence-electron chi connectivity index (χ3n) is 5.01. The monoisotopic (exact) mass is 431 g/mol. The van der Waals surface area contributed by atoms with E-state index in [1.165, 1.54) is 19.8 Å². The average molecular weight is 432 g/mol. The Kier molecular flexibility index (Phi) is 7.54. The number of benzene rings is 2. The molecule has 30 heavy (non-hydrogen) atoms. The predicted octanol–water partition coefficient (Wildman–Crippen LogP) is 2.48. The van der Waals surface area contributed by atoms with Crippen LogP contribution >= 0.6 is 11.6 Å². The van der Waals surface area contributed by atoms with E-state index in [9.17, 15) is 9.59 Å². The van der Waals surface area contributed by atoms with Crippen LogP contribution in [0.25, 0.3) is 0 Å². The lowest BCUT2D eigenvalue weighted by atomic mass is 10.2. The smallest absolute Gasteiger partial charge is 0.251 e. The molecule has 3 rings (SSSR count). The number of hydrogen-bond acceptors (Lipinski definition) is 5. The number of halogens is 1. The van der Waals surface area contributed by atoms with Gasteiger partial charge in [-0.3, -0.25) is 14.5 Å². The number of amides is 2. The van der Waals surface area contributed by atoms with Gasteiger partial charge in [0.05, 0.1) is 20.8 Å². The molecule has 2 aromatic carbocycles. The first kappa shape index (κ1) is 21.9. The van der Waals surface area contributed by atoms with Gasteiger partial charge in [-0.1, -0.05) is 23.7 Å². The van der Waals surface area contributed by atoms with Crippen molar-refractivity contribution in [3.05, 3.63) is 58.6 Å². The summed E-state index contributed by atoms with van der Waals surface area (Å²) in [5.74, 6) is 0.446. The molecule has 1 fully saturated rings. The van der Waals surface area contributed by atoms with E-state index in [4.69, 9.17) is 21.1 Å². The molecule has 1 saturated heterocycles. The van der Waals surface area contributed by atoms with Crippen LogP contribution in [0.4, 0.5) is 0 Å². The maximum atomic E-state index is 12.3. The highest BCUT2D eigenvalue weighted by Crippen LogP contribution is 2.27. The summed E-state index contributed by atoms with van der Waals surface area (Å²) < 4.78 is 10.4. The van der Waals surface area contributed by atoms with Crippen molar-refractivity contribution in [2.45, 2.75) is 19.0 Å². The van der Waals surface area contributed by atoms with Crippen LogP contribution < -0.4 is 20.1 Å². The molecule has 0 aliphatic carbocycles. The minimum absolute atomic E-state index is 0.0720. The largest absolute Gasteiger partial charge is 0.493 e. The van der Waals surface area contributed by atoms with Crippen LogP contribution in [0.15, 0.2) is 42.5 Å². The second-order valence-electron chi connectivity index (χ2n) is 7.17. The number of likely N-dealkylation sites (tertiary alicyclic amines) is 1. The number of carbonyl (C=O) groups excluding carboxylic acids is 2. The standard InChI is InChI=1S/C22H26ClN3O4/c1-29-19-8-5-16(11-20(19)30-2)22(28)24-12-21(27)25-18-9-10-26(14-18)13-15-3-6-17(23)7-4-15/h3-8,11,18H,9-10,12-14H2,1-2H3,(H,24,28)(H,25,27)/t18-/m0/s1. The molecule has 0 aromatic heterocycles. The maximum absolute atomic E-state index is 12.3. The Morgan fingerprint density at radius 3 is 2.53 bits per heavy atom. The molecule has 2 amide bonds. The molecule has 1 aliphatic heterocycles. The van der Waals surface area contributed by atoms with E-state index in [-0.39, 0.29) is 24.4 Å². The maximum Gasteiger partial charge on any atom is 0.251 e. The van der Waals surface area contributed by atoms with Crippen LogP contribution in [0.5, 0.6) is 11.5 Å². The van der Waals surface area contributed by atoms with E-state index in [1.54, 1.807) is 18.2 Å². The van der Waals surface area contributed by atoms with E-state index >= 15 is 0 Å². The topological polar surface area (TPSA) is 79.9 Å². The summed E-state index contributed by atoms with van der Waals surface area (Å²) in [7, 11) is 3.03. The molecule has 160 valence electrons. The Labute approximate surface area is 181 Å². The second kappa shape index (κ2) is 10.3. The van der Waals surface area contributed by atoms with E-state index in [0.29, 0.717) is 17.1 Å². The minimum atomic E-state index is -0.345. The van der Waals surface area contributed by atoms with Crippen molar-refractivity contribution in [2.24, 2.45) is 0 Å². The first-order valence-electron chi connectivity index (χ1n) is 9.75. The van der Waals surface area contributed by atoms with Crippen LogP contribution in [0.1, 0.15) is 22.3 Å². The van der Waals surface area contributed by atoms with Gasteiger partial charge in [-0.2, -0.15) is 0 Å². The first-order chi connectivity index (χ1) is 14.5. The van der Waals surface area contributed by atoms with Crippen molar-refractivity contribution in [2.75, 3.05) is 33.9 Å². The quantitative estimate of drug-likeness (QED) is 0.671. The third-order valence-corrected chi connectivity index (χ3v) is 5.26. The Bertz CT molecular complexity index is 888. The van der Waals surface area contributed by atoms with Crippen molar-refractivity contribution < 1.29 is 19.1 Å². The lowest BCUT2D eigenvalue weighted by Gasteiger charge is -2.17. The highest BCUT2D eigenvalue weighted by atomic mass is 35.5. The summed E-state index contributed by atoms with van der Waals surface area (Å²) in [5.41, 5.74) is 1.59. The molecule has 2 N–H and O–H groups in total. The normalized spacial score (nSPS) is 16.2. The van der Waals surface area contributed by atoms with Crippen molar-refractivity contribution in [3.63, 3.8) is 0 Å². The van der Waals surface area contributed by atoms with Gasteiger partial charge in [0.2, 0.25) is 5.91 Å². The highest BCUT2D eigenvalue weighted by Gasteiger charge is 2.24. The van der Waals surface area contributed by atoms with Gasteiger partial charge in [0.15, 0.2) is 11.5 Å². The van der Waals surface area contributed by atoms with Crippen LogP contribution in [0, 0.1) is 0 Å². The van der Waals surface area contributed by atoms with Crippen LogP contribution in [0.2, 0.25) is 5.02 Å². The molecular weight excluding hydrogens is 406 g/mol. The van der Waals surface area contributed by atoms with E-state index in [1.807, 2.05) is 24.3 Å². The fourth-order valence-electron chi connectivity index (χ4n) is 3.46. The number of nitrogens with zero attached hydrogens (tertiary/aromatic N) is 1. The SMILES string of the molecule is COc1ccc(C(=O)NCC(=O)N[C@H]2CCN(Cc3ccc(Cl)cc3)C2)cc1OC. The van der Waals surface area contributed by atoms with Crippen molar-refractivity contribution in [1.29, 1.82) is 0 Å². The molecular formula is C22H26ClN3O4. The number of ether oxygens (including phenoxy) is 2. The van der Waals surface area contributed by atoms with Gasteiger partial charge in [-0.05, 0) is 42.3 Å². The van der Waals surface area contributed by atoms with Crippen molar-refractivity contribution in [3.8, 4) is 11.5 Å². The predicted molar refractivity (Wildman–Crippen MR) is 115 cm³/mol. The van der Waals surface area contributed by atoms with Gasteiger partial charge < -0.3 is 20.1 Å². The Hall–Kier alpha value is -2.77. The van der Waals surface area contributed by atoms with Gasteiger partial charge in [0.25, 0.3) is 5.91 Å². The highest BCUT2D eigenvalue weighted by molar-refractivity contribution is 6.30. The molecule has 0 unspecified atom stereocenters. The number of hydrogen-bond donors (Lipinski definition) is 2. The molecule has 1 heterocycles. The lowest BCUT2D eigenvalue weighted by molar-refractivity contribution is -0.120. The second-order valence-corrected chi connectivity index (χ2v) is 7.60. The van der Waals surface area contributed by atoms with Crippen LogP contribution in [0.3, 0.4) is 0 Å². The van der Waals surface area contributed by atoms with Gasteiger partial charge in [-0.15, -0.1) is 0 Å². The molecule has 1 atom stereocenters. The summed E-state index contributed by atoms with van der Waals surface area (Å²) in [5, 5.41) is 6.36. The van der Waals surface area contributed by atoms with Crippen molar-refractivity contribution in [1.82, 2.24) is 15.5 Å². The summed E-state index contributed by atoms with van der Waals surface area (Å²) >= 11 is 5.93. The third kappa shape index (κ3) is 5.87. The molecule has 0 bridgehead atoms. The molecule has 7 nitrogen and oxygen atoms in total. The van der Waals surface area contributed by atoms with E-state index < -0.39 is 0 Å². The zero-order valence-corrected chi connectivity index (χ0v) is 17.9. The zero-order chi connectivity index (χ0) is 21.5. The average Bonchev–Trinajstić information content (AvgIpc) is 3.19. The van der Waals surface area contributed by atoms with Gasteiger partial charge >= 0.3 is 0 Å². The minimum Gasteiger partial charge on any atom is -0.493 e. The first-order valence-corrected chi connectivity index (χ1v) is 10.1. The van der Waals surface area contributed by atoms with Gasteiger partial charge in [0, 0.05) is 36.3 Å². The Morgan fingerprint density at radius 1 is 1.10 bits per heavy atom. The number of rotatable bonds is 8. The molecule has 0 radical (unpaired) electrons. The van der Waals surface area contributed by atoms with Gasteiger partial charge in [-0.25, -0.2) is 0 Å². The molecule has 0 saturated carbocycles. The lowest BCUT2D eigenvalue weighted by Crippen LogP contribution is -2.43. The number of nitrogens with one attached hydrogen (secondary N) is 2. The Morgan fingerprint density at radius 2 is 1.83 bits per heavy atom. The van der Waals surface area contributed by atoms with E-state index in [2.05, 4.69) is 15.5 Å². The number of carbonyl (C=O) groups is 2. The molecule has 1 aliphatic rings. The summed E-state index contributed by atoms with van der Waals surface area (Å²) in [4.78, 5) is 26.9. The fraction of sp³-hybridized carbons (Fsp3) is 0.364. The van der Waals surface area contributed by atoms with Gasteiger partial charge in [0.1, 0.15) is 0 Å². The molecule has 8 heteroatoms. The summed E-state index contributed by atoms with van der Waals surface area (Å²) in [6, 6.07) is 12.7. The Balaban J connectivity index is 1.43. The zero-order valence-electron chi connectivity index (χ0n) is 17.1. The van der Waals surface area contributed by atoms with E-state index in [0.717, 1.165) is 31.1 Å². The molecule has 2 aromatic rings. The van der Waals surface area contributed by atoms with Crippen molar-refractivity contribution >= 4 is 23.4 Å². The number of methoxy groups -OCH3 is 2. The fourth-order valence-corrected chi connectivity index (χ4v) is 3.59. The summed E-state index contributed by atoms with van der Waals surface area (Å²) in [6.45, 7) is 2.42.